The van der Waals surface area contributed by atoms with Gasteiger partial charge in [0.2, 0.25) is 0 Å². The summed E-state index contributed by atoms with van der Waals surface area (Å²) in [6, 6.07) is 15.9. The number of furan rings is 1. The number of rotatable bonds is 3. The zero-order valence-electron chi connectivity index (χ0n) is 17.6. The van der Waals surface area contributed by atoms with E-state index < -0.39 is 0 Å². The van der Waals surface area contributed by atoms with Crippen LogP contribution >= 0.6 is 0 Å². The fourth-order valence-electron chi connectivity index (χ4n) is 5.02. The van der Waals surface area contributed by atoms with E-state index in [4.69, 9.17) is 9.15 Å². The highest BCUT2D eigenvalue weighted by Crippen LogP contribution is 2.37. The molecular weight excluding hydrogens is 360 g/mol. The molecule has 152 valence electrons. The first-order chi connectivity index (χ1) is 14.0. The number of ether oxygens (including phenoxy) is 1. The normalized spacial score (nSPS) is 21.4. The van der Waals surface area contributed by atoms with Crippen LogP contribution in [0.4, 0.5) is 0 Å². The van der Waals surface area contributed by atoms with Gasteiger partial charge in [0.25, 0.3) is 0 Å². The molecule has 2 aliphatic rings. The second kappa shape index (κ2) is 7.28. The molecule has 3 aromatic rings. The Hall–Kier alpha value is -2.14. The molecule has 4 heteroatoms. The maximum absolute atomic E-state index is 5.57. The van der Waals surface area contributed by atoms with Crippen molar-refractivity contribution in [2.75, 3.05) is 39.9 Å². The minimum Gasteiger partial charge on any atom is -0.464 e. The molecule has 0 aliphatic carbocycles. The van der Waals surface area contributed by atoms with Crippen LogP contribution in [0.1, 0.15) is 42.0 Å². The van der Waals surface area contributed by atoms with Crippen LogP contribution in [0, 0.1) is 0 Å². The van der Waals surface area contributed by atoms with Crippen molar-refractivity contribution < 1.29 is 9.15 Å². The van der Waals surface area contributed by atoms with Gasteiger partial charge in [-0.25, -0.2) is 0 Å². The van der Waals surface area contributed by atoms with Crippen LogP contribution in [0.25, 0.3) is 11.0 Å². The van der Waals surface area contributed by atoms with Gasteiger partial charge in [0, 0.05) is 43.0 Å². The molecule has 0 spiro atoms. The summed E-state index contributed by atoms with van der Waals surface area (Å²) in [5.74, 6) is 0.392. The SMILES string of the molecule is CN1Cc2cc(C(C)(C)N3CCOCC3)ccc2C(c2ccc3occc3c2)C1. The molecule has 1 saturated heterocycles. The van der Waals surface area contributed by atoms with Crippen molar-refractivity contribution in [3.63, 3.8) is 0 Å². The molecule has 1 atom stereocenters. The summed E-state index contributed by atoms with van der Waals surface area (Å²) >= 11 is 0. The minimum atomic E-state index is 0.0139. The molecule has 2 aromatic carbocycles. The summed E-state index contributed by atoms with van der Waals surface area (Å²) in [5.41, 5.74) is 6.66. The molecule has 0 N–H and O–H groups in total. The summed E-state index contributed by atoms with van der Waals surface area (Å²) in [5, 5.41) is 1.18. The van der Waals surface area contributed by atoms with Crippen LogP contribution in [0.5, 0.6) is 0 Å². The molecule has 29 heavy (non-hydrogen) atoms. The Bertz CT molecular complexity index is 1020. The van der Waals surface area contributed by atoms with Crippen molar-refractivity contribution in [1.82, 2.24) is 9.80 Å². The lowest BCUT2D eigenvalue weighted by Gasteiger charge is -2.42. The molecule has 3 heterocycles. The predicted molar refractivity (Wildman–Crippen MR) is 116 cm³/mol. The van der Waals surface area contributed by atoms with Crippen molar-refractivity contribution in [3.8, 4) is 0 Å². The Balaban J connectivity index is 1.51. The molecule has 5 rings (SSSR count). The fraction of sp³-hybridized carbons (Fsp3) is 0.440. The highest BCUT2D eigenvalue weighted by Gasteiger charge is 2.32. The summed E-state index contributed by atoms with van der Waals surface area (Å²) in [4.78, 5) is 4.99. The van der Waals surface area contributed by atoms with Crippen LogP contribution < -0.4 is 0 Å². The largest absolute Gasteiger partial charge is 0.464 e. The van der Waals surface area contributed by atoms with Crippen molar-refractivity contribution in [1.29, 1.82) is 0 Å². The van der Waals surface area contributed by atoms with Crippen molar-refractivity contribution in [2.24, 2.45) is 0 Å². The number of morpholine rings is 1. The zero-order chi connectivity index (χ0) is 20.0. The van der Waals surface area contributed by atoms with E-state index in [0.717, 1.165) is 45.0 Å². The Morgan fingerprint density at radius 1 is 1.00 bits per heavy atom. The van der Waals surface area contributed by atoms with Crippen molar-refractivity contribution >= 4 is 11.0 Å². The summed E-state index contributed by atoms with van der Waals surface area (Å²) < 4.78 is 11.1. The van der Waals surface area contributed by atoms with Crippen LogP contribution in [-0.4, -0.2) is 49.7 Å². The van der Waals surface area contributed by atoms with Gasteiger partial charge in [-0.3, -0.25) is 4.90 Å². The van der Waals surface area contributed by atoms with Gasteiger partial charge in [-0.05, 0) is 61.3 Å². The number of hydrogen-bond acceptors (Lipinski definition) is 4. The van der Waals surface area contributed by atoms with Gasteiger partial charge < -0.3 is 14.1 Å². The van der Waals surface area contributed by atoms with Gasteiger partial charge >= 0.3 is 0 Å². The standard InChI is InChI=1S/C25H30N2O2/c1-25(2,27-9-12-28-13-10-27)21-5-6-22-20(15-21)16-26(3)17-23(22)18-4-7-24-19(14-18)8-11-29-24/h4-8,11,14-15,23H,9-10,12-13,16-17H2,1-3H3. The third kappa shape index (κ3) is 3.39. The van der Waals surface area contributed by atoms with Gasteiger partial charge in [-0.15, -0.1) is 0 Å². The summed E-state index contributed by atoms with van der Waals surface area (Å²) in [6.07, 6.45) is 1.77. The van der Waals surface area contributed by atoms with E-state index in [1.165, 1.54) is 27.6 Å². The van der Waals surface area contributed by atoms with Crippen molar-refractivity contribution in [3.05, 3.63) is 71.0 Å². The number of nitrogens with zero attached hydrogens (tertiary/aromatic N) is 2. The van der Waals surface area contributed by atoms with E-state index >= 15 is 0 Å². The predicted octanol–water partition coefficient (Wildman–Crippen LogP) is 4.58. The minimum absolute atomic E-state index is 0.0139. The van der Waals surface area contributed by atoms with Gasteiger partial charge in [-0.2, -0.15) is 0 Å². The summed E-state index contributed by atoms with van der Waals surface area (Å²) in [6.45, 7) is 10.4. The molecule has 0 radical (unpaired) electrons. The number of likely N-dealkylation sites (N-methyl/N-ethyl adjacent to an activating group) is 1. The average Bonchev–Trinajstić information content (AvgIpc) is 3.21. The molecule has 2 aliphatic heterocycles. The first-order valence-electron chi connectivity index (χ1n) is 10.6. The Morgan fingerprint density at radius 3 is 2.66 bits per heavy atom. The lowest BCUT2D eigenvalue weighted by atomic mass is 9.81. The van der Waals surface area contributed by atoms with Crippen LogP contribution in [0.3, 0.4) is 0 Å². The highest BCUT2D eigenvalue weighted by atomic mass is 16.5. The summed E-state index contributed by atoms with van der Waals surface area (Å²) in [7, 11) is 2.23. The lowest BCUT2D eigenvalue weighted by molar-refractivity contribution is -0.0118. The Labute approximate surface area is 173 Å². The van der Waals surface area contributed by atoms with E-state index in [1.54, 1.807) is 6.26 Å². The van der Waals surface area contributed by atoms with Crippen molar-refractivity contribution in [2.45, 2.75) is 31.8 Å². The van der Waals surface area contributed by atoms with E-state index in [9.17, 15) is 0 Å². The number of fused-ring (bicyclic) bond motifs is 2. The smallest absolute Gasteiger partial charge is 0.133 e. The number of benzene rings is 2. The van der Waals surface area contributed by atoms with E-state index in [2.05, 4.69) is 73.2 Å². The third-order valence-electron chi connectivity index (χ3n) is 6.84. The monoisotopic (exact) mass is 390 g/mol. The van der Waals surface area contributed by atoms with Crippen LogP contribution in [0.2, 0.25) is 0 Å². The maximum Gasteiger partial charge on any atom is 0.133 e. The second-order valence-electron chi connectivity index (χ2n) is 9.04. The molecule has 1 aromatic heterocycles. The maximum atomic E-state index is 5.57. The van der Waals surface area contributed by atoms with Gasteiger partial charge in [0.15, 0.2) is 0 Å². The lowest BCUT2D eigenvalue weighted by Crippen LogP contribution is -2.48. The molecule has 0 saturated carbocycles. The van der Waals surface area contributed by atoms with Gasteiger partial charge in [0.1, 0.15) is 5.58 Å². The molecular formula is C25H30N2O2. The number of hydrogen-bond donors (Lipinski definition) is 0. The molecule has 1 unspecified atom stereocenters. The van der Waals surface area contributed by atoms with Crippen LogP contribution in [0.15, 0.2) is 53.1 Å². The quantitative estimate of drug-likeness (QED) is 0.655. The topological polar surface area (TPSA) is 28.9 Å². The van der Waals surface area contributed by atoms with E-state index in [1.807, 2.05) is 0 Å². The average molecular weight is 391 g/mol. The highest BCUT2D eigenvalue weighted by molar-refractivity contribution is 5.78. The third-order valence-corrected chi connectivity index (χ3v) is 6.84. The Morgan fingerprint density at radius 2 is 1.83 bits per heavy atom. The molecule has 0 amide bonds. The van der Waals surface area contributed by atoms with Gasteiger partial charge in [-0.1, -0.05) is 24.3 Å². The zero-order valence-corrected chi connectivity index (χ0v) is 17.6. The van der Waals surface area contributed by atoms with E-state index in [0.29, 0.717) is 5.92 Å². The molecule has 0 bridgehead atoms. The second-order valence-corrected chi connectivity index (χ2v) is 9.04. The molecule has 1 fully saturated rings. The fourth-order valence-corrected chi connectivity index (χ4v) is 5.02. The molecule has 4 nitrogen and oxygen atoms in total. The van der Waals surface area contributed by atoms with E-state index in [-0.39, 0.29) is 5.54 Å². The first-order valence-corrected chi connectivity index (χ1v) is 10.6. The van der Waals surface area contributed by atoms with Gasteiger partial charge in [0.05, 0.1) is 19.5 Å². The Kier molecular flexibility index (Phi) is 4.73. The first kappa shape index (κ1) is 18.9. The van der Waals surface area contributed by atoms with Crippen LogP contribution in [-0.2, 0) is 16.8 Å².